The molecule has 0 radical (unpaired) electrons. The van der Waals surface area contributed by atoms with Crippen molar-refractivity contribution in [3.8, 4) is 45.3 Å². The fourth-order valence-corrected chi connectivity index (χ4v) is 6.97. The van der Waals surface area contributed by atoms with E-state index in [1.807, 2.05) is 29.1 Å². The van der Waals surface area contributed by atoms with Gasteiger partial charge in [-0.2, -0.15) is 5.10 Å². The van der Waals surface area contributed by atoms with Crippen molar-refractivity contribution in [2.75, 3.05) is 0 Å². The molecule has 0 bridgehead atoms. The number of pyridine rings is 1. The van der Waals surface area contributed by atoms with Crippen LogP contribution in [-0.2, 0) is 6.42 Å². The Morgan fingerprint density at radius 1 is 0.633 bits per heavy atom. The first-order valence-electron chi connectivity index (χ1n) is 17.1. The predicted molar refractivity (Wildman–Crippen MR) is 201 cm³/mol. The van der Waals surface area contributed by atoms with E-state index in [0.717, 1.165) is 75.6 Å². The number of fused-ring (bicyclic) bond motifs is 3. The number of ether oxygens (including phenoxy) is 1. The summed E-state index contributed by atoms with van der Waals surface area (Å²) in [5.41, 5.74) is 11.2. The monoisotopic (exact) mass is 638 g/mol. The number of aryl methyl sites for hydroxylation is 2. The van der Waals surface area contributed by atoms with Gasteiger partial charge in [0, 0.05) is 40.4 Å². The summed E-state index contributed by atoms with van der Waals surface area (Å²) >= 11 is 0. The number of aromatic nitrogens is 4. The Bertz CT molecular complexity index is 2420. The summed E-state index contributed by atoms with van der Waals surface area (Å²) in [6.07, 6.45) is 5.28. The largest absolute Gasteiger partial charge is 0.457 e. The van der Waals surface area contributed by atoms with E-state index in [2.05, 4.69) is 141 Å². The average molecular weight is 639 g/mol. The highest BCUT2D eigenvalue weighted by Gasteiger charge is 2.17. The molecule has 0 aliphatic heterocycles. The van der Waals surface area contributed by atoms with Crippen molar-refractivity contribution >= 4 is 21.8 Å². The maximum Gasteiger partial charge on any atom is 0.137 e. The van der Waals surface area contributed by atoms with Crippen LogP contribution < -0.4 is 4.74 Å². The summed E-state index contributed by atoms with van der Waals surface area (Å²) in [6.45, 7) is 6.42. The Kier molecular flexibility index (Phi) is 8.02. The smallest absolute Gasteiger partial charge is 0.137 e. The molecule has 5 heteroatoms. The molecule has 0 spiro atoms. The van der Waals surface area contributed by atoms with Gasteiger partial charge in [0.05, 0.1) is 22.4 Å². The zero-order valence-corrected chi connectivity index (χ0v) is 28.1. The Morgan fingerprint density at radius 2 is 1.41 bits per heavy atom. The quantitative estimate of drug-likeness (QED) is 0.158. The minimum atomic E-state index is 0.749. The van der Waals surface area contributed by atoms with E-state index in [9.17, 15) is 0 Å². The maximum atomic E-state index is 6.59. The van der Waals surface area contributed by atoms with Gasteiger partial charge in [-0.3, -0.25) is 4.57 Å². The second-order valence-corrected chi connectivity index (χ2v) is 12.7. The van der Waals surface area contributed by atoms with Gasteiger partial charge in [-0.25, -0.2) is 9.67 Å². The topological polar surface area (TPSA) is 44.9 Å². The zero-order valence-electron chi connectivity index (χ0n) is 28.1. The first-order chi connectivity index (χ1) is 24.1. The van der Waals surface area contributed by atoms with Crippen molar-refractivity contribution < 1.29 is 4.74 Å². The molecule has 0 aliphatic carbocycles. The van der Waals surface area contributed by atoms with E-state index < -0.39 is 0 Å². The summed E-state index contributed by atoms with van der Waals surface area (Å²) in [7, 11) is 0. The molecule has 0 atom stereocenters. The number of benzene rings is 5. The van der Waals surface area contributed by atoms with E-state index in [4.69, 9.17) is 14.8 Å². The minimum Gasteiger partial charge on any atom is -0.457 e. The Morgan fingerprint density at radius 3 is 2.20 bits per heavy atom. The predicted octanol–water partition coefficient (Wildman–Crippen LogP) is 11.5. The molecule has 240 valence electrons. The lowest BCUT2D eigenvalue weighted by Crippen LogP contribution is -2.00. The summed E-state index contributed by atoms with van der Waals surface area (Å²) < 4.78 is 10.9. The summed E-state index contributed by atoms with van der Waals surface area (Å²) in [4.78, 5) is 4.88. The van der Waals surface area contributed by atoms with E-state index in [0.29, 0.717) is 0 Å². The van der Waals surface area contributed by atoms with Gasteiger partial charge < -0.3 is 4.74 Å². The van der Waals surface area contributed by atoms with Crippen LogP contribution >= 0.6 is 0 Å². The van der Waals surface area contributed by atoms with Crippen LogP contribution in [0.4, 0.5) is 0 Å². The highest BCUT2D eigenvalue weighted by atomic mass is 16.5. The van der Waals surface area contributed by atoms with Crippen LogP contribution in [0.1, 0.15) is 36.7 Å². The third-order valence-electron chi connectivity index (χ3n) is 9.35. The molecule has 3 heterocycles. The first-order valence-corrected chi connectivity index (χ1v) is 17.1. The normalized spacial score (nSPS) is 11.4. The number of nitrogens with zero attached hydrogens (tertiary/aromatic N) is 4. The second-order valence-electron chi connectivity index (χ2n) is 12.7. The first kappa shape index (κ1) is 30.4. The van der Waals surface area contributed by atoms with Crippen molar-refractivity contribution in [3.63, 3.8) is 0 Å². The molecule has 0 saturated carbocycles. The lowest BCUT2D eigenvalue weighted by molar-refractivity contribution is 0.482. The van der Waals surface area contributed by atoms with Crippen LogP contribution in [0.5, 0.6) is 11.5 Å². The highest BCUT2D eigenvalue weighted by molar-refractivity contribution is 6.10. The molecule has 49 heavy (non-hydrogen) atoms. The zero-order chi connectivity index (χ0) is 33.3. The van der Waals surface area contributed by atoms with E-state index in [-0.39, 0.29) is 0 Å². The Hall–Kier alpha value is -5.94. The number of unbranched alkanes of at least 4 members (excludes halogenated alkanes) is 1. The van der Waals surface area contributed by atoms with Crippen molar-refractivity contribution in [2.24, 2.45) is 0 Å². The molecule has 0 N–H and O–H groups in total. The van der Waals surface area contributed by atoms with E-state index in [1.54, 1.807) is 0 Å². The van der Waals surface area contributed by atoms with Gasteiger partial charge in [0.1, 0.15) is 17.3 Å². The van der Waals surface area contributed by atoms with Crippen LogP contribution in [0.3, 0.4) is 0 Å². The van der Waals surface area contributed by atoms with Crippen LogP contribution in [0.15, 0.2) is 140 Å². The van der Waals surface area contributed by atoms with Gasteiger partial charge >= 0.3 is 0 Å². The van der Waals surface area contributed by atoms with Crippen LogP contribution in [0.2, 0.25) is 0 Å². The molecular weight excluding hydrogens is 601 g/mol. The highest BCUT2D eigenvalue weighted by Crippen LogP contribution is 2.38. The summed E-state index contributed by atoms with van der Waals surface area (Å²) in [5.74, 6) is 2.43. The van der Waals surface area contributed by atoms with Gasteiger partial charge in [0.25, 0.3) is 0 Å². The molecule has 5 aromatic carbocycles. The van der Waals surface area contributed by atoms with Crippen LogP contribution in [-0.4, -0.2) is 19.3 Å². The fourth-order valence-electron chi connectivity index (χ4n) is 6.97. The molecule has 0 amide bonds. The maximum absolute atomic E-state index is 6.59. The fraction of sp³-hybridized carbons (Fsp3) is 0.136. The van der Waals surface area contributed by atoms with Crippen LogP contribution in [0.25, 0.3) is 55.6 Å². The molecule has 8 aromatic rings. The SMILES string of the molecule is CCCCc1ccnc(-n2c3ccc(-c4ccccc4)cc3c3ccc(Oc4cccc(-n5nc(C)c(-c6ccccc6)c5C)c4)cc32)c1. The molecule has 3 aromatic heterocycles. The standard InChI is InChI=1S/C44H38N4O/c1-4-5-13-32-24-25-45-43(26-32)47-41-23-20-35(33-14-8-6-9-15-33)27-40(41)39-22-21-38(29-42(39)47)49-37-19-12-18-36(28-37)48-31(3)44(30(2)46-48)34-16-10-7-11-17-34/h6-12,14-29H,4-5,13H2,1-3H3. The molecule has 0 saturated heterocycles. The summed E-state index contributed by atoms with van der Waals surface area (Å²) in [5, 5.41) is 7.26. The molecule has 0 fully saturated rings. The second kappa shape index (κ2) is 12.9. The average Bonchev–Trinajstić information content (AvgIpc) is 3.63. The molecular formula is C44H38N4O. The van der Waals surface area contributed by atoms with E-state index in [1.165, 1.54) is 27.6 Å². The molecule has 8 rings (SSSR count). The molecule has 0 aliphatic rings. The number of rotatable bonds is 9. The van der Waals surface area contributed by atoms with Gasteiger partial charge in [-0.15, -0.1) is 0 Å². The van der Waals surface area contributed by atoms with E-state index >= 15 is 0 Å². The lowest BCUT2D eigenvalue weighted by atomic mass is 10.0. The molecule has 0 unspecified atom stereocenters. The Labute approximate surface area is 287 Å². The van der Waals surface area contributed by atoms with Crippen LogP contribution in [0, 0.1) is 13.8 Å². The Balaban J connectivity index is 1.21. The minimum absolute atomic E-state index is 0.749. The van der Waals surface area contributed by atoms with Crippen molar-refractivity contribution in [1.29, 1.82) is 0 Å². The van der Waals surface area contributed by atoms with Crippen molar-refractivity contribution in [2.45, 2.75) is 40.0 Å². The van der Waals surface area contributed by atoms with Crippen molar-refractivity contribution in [3.05, 3.63) is 157 Å². The van der Waals surface area contributed by atoms with Gasteiger partial charge in [-0.1, -0.05) is 86.1 Å². The number of hydrogen-bond donors (Lipinski definition) is 0. The lowest BCUT2D eigenvalue weighted by Gasteiger charge is -2.11. The van der Waals surface area contributed by atoms with Crippen molar-refractivity contribution in [1.82, 2.24) is 19.3 Å². The number of hydrogen-bond acceptors (Lipinski definition) is 3. The van der Waals surface area contributed by atoms with Gasteiger partial charge in [0.15, 0.2) is 0 Å². The van der Waals surface area contributed by atoms with Gasteiger partial charge in [0.2, 0.25) is 0 Å². The third-order valence-corrected chi connectivity index (χ3v) is 9.35. The third kappa shape index (κ3) is 5.78. The molecule has 5 nitrogen and oxygen atoms in total. The summed E-state index contributed by atoms with van der Waals surface area (Å²) in [6, 6.07) is 46.6. The van der Waals surface area contributed by atoms with Gasteiger partial charge in [-0.05, 0) is 97.5 Å².